The number of amides is 1. The van der Waals surface area contributed by atoms with E-state index in [0.717, 1.165) is 31.9 Å². The van der Waals surface area contributed by atoms with Crippen molar-refractivity contribution < 1.29 is 9.53 Å². The van der Waals surface area contributed by atoms with Gasteiger partial charge in [0, 0.05) is 38.3 Å². The summed E-state index contributed by atoms with van der Waals surface area (Å²) in [5.74, 6) is 0.746. The molecule has 27 heavy (non-hydrogen) atoms. The van der Waals surface area contributed by atoms with Gasteiger partial charge >= 0.3 is 0 Å². The van der Waals surface area contributed by atoms with Gasteiger partial charge in [0.15, 0.2) is 0 Å². The third-order valence-corrected chi connectivity index (χ3v) is 5.55. The molecule has 0 aliphatic carbocycles. The van der Waals surface area contributed by atoms with Gasteiger partial charge in [0.05, 0.1) is 12.1 Å². The summed E-state index contributed by atoms with van der Waals surface area (Å²) in [6, 6.07) is 9.73. The smallest absolute Gasteiger partial charge is 0.251 e. The summed E-state index contributed by atoms with van der Waals surface area (Å²) in [6.45, 7) is 8.76. The van der Waals surface area contributed by atoms with Gasteiger partial charge in [-0.2, -0.15) is 11.3 Å². The van der Waals surface area contributed by atoms with E-state index in [1.165, 1.54) is 5.56 Å². The van der Waals surface area contributed by atoms with Crippen molar-refractivity contribution in [3.63, 3.8) is 0 Å². The van der Waals surface area contributed by atoms with E-state index in [9.17, 15) is 4.79 Å². The number of ether oxygens (including phenoxy) is 1. The molecule has 1 aromatic heterocycles. The molecule has 3 rings (SSSR count). The lowest BCUT2D eigenvalue weighted by molar-refractivity contribution is 0.0886. The molecule has 6 heteroatoms. The molecule has 0 bridgehead atoms. The van der Waals surface area contributed by atoms with Crippen LogP contribution in [0.15, 0.2) is 41.1 Å². The molecule has 1 aromatic carbocycles. The van der Waals surface area contributed by atoms with Gasteiger partial charge in [0.25, 0.3) is 5.91 Å². The minimum absolute atomic E-state index is 0.0412. The minimum atomic E-state index is -0.0412. The highest BCUT2D eigenvalue weighted by Crippen LogP contribution is 2.24. The molecule has 0 radical (unpaired) electrons. The molecule has 2 heterocycles. The first-order chi connectivity index (χ1) is 13.0. The predicted octanol–water partition coefficient (Wildman–Crippen LogP) is 3.25. The molecule has 1 saturated heterocycles. The van der Waals surface area contributed by atoms with E-state index in [1.807, 2.05) is 38.1 Å². The largest absolute Gasteiger partial charge is 0.491 e. The lowest BCUT2D eigenvalue weighted by Crippen LogP contribution is -2.48. The van der Waals surface area contributed by atoms with Crippen LogP contribution in [-0.2, 0) is 0 Å². The van der Waals surface area contributed by atoms with Crippen LogP contribution in [0.25, 0.3) is 0 Å². The van der Waals surface area contributed by atoms with Crippen molar-refractivity contribution in [2.24, 2.45) is 0 Å². The Hall–Kier alpha value is -1.89. The lowest BCUT2D eigenvalue weighted by atomic mass is 10.1. The number of carbonyl (C=O) groups is 1. The number of rotatable bonds is 7. The van der Waals surface area contributed by atoms with E-state index >= 15 is 0 Å². The average molecular weight is 388 g/mol. The van der Waals surface area contributed by atoms with Crippen molar-refractivity contribution >= 4 is 17.2 Å². The minimum Gasteiger partial charge on any atom is -0.491 e. The Morgan fingerprint density at radius 2 is 1.85 bits per heavy atom. The molecule has 1 aliphatic heterocycles. The van der Waals surface area contributed by atoms with Crippen LogP contribution in [0.1, 0.15) is 35.8 Å². The number of likely N-dealkylation sites (N-methyl/N-ethyl adjacent to an activating group) is 1. The molecule has 1 atom stereocenters. The van der Waals surface area contributed by atoms with Gasteiger partial charge in [-0.25, -0.2) is 0 Å². The second-order valence-electron chi connectivity index (χ2n) is 7.31. The second kappa shape index (κ2) is 9.35. The van der Waals surface area contributed by atoms with Crippen molar-refractivity contribution in [2.45, 2.75) is 26.0 Å². The summed E-state index contributed by atoms with van der Waals surface area (Å²) in [7, 11) is 2.16. The maximum Gasteiger partial charge on any atom is 0.251 e. The van der Waals surface area contributed by atoms with E-state index in [0.29, 0.717) is 12.1 Å². The van der Waals surface area contributed by atoms with Crippen LogP contribution in [-0.4, -0.2) is 61.6 Å². The fourth-order valence-electron chi connectivity index (χ4n) is 3.30. The van der Waals surface area contributed by atoms with Crippen molar-refractivity contribution in [1.29, 1.82) is 0 Å². The first-order valence-corrected chi connectivity index (χ1v) is 10.5. The van der Waals surface area contributed by atoms with Crippen molar-refractivity contribution in [3.8, 4) is 5.75 Å². The van der Waals surface area contributed by atoms with E-state index in [1.54, 1.807) is 11.3 Å². The fourth-order valence-corrected chi connectivity index (χ4v) is 4.01. The van der Waals surface area contributed by atoms with Crippen molar-refractivity contribution in [2.75, 3.05) is 39.8 Å². The summed E-state index contributed by atoms with van der Waals surface area (Å²) in [5.41, 5.74) is 1.94. The second-order valence-corrected chi connectivity index (χ2v) is 8.09. The number of carbonyl (C=O) groups excluding carboxylic acids is 1. The summed E-state index contributed by atoms with van der Waals surface area (Å²) in [6.07, 6.45) is 0.125. The Balaban J connectivity index is 1.62. The monoisotopic (exact) mass is 387 g/mol. The molecule has 146 valence electrons. The molecule has 1 aliphatic rings. The first kappa shape index (κ1) is 19.9. The number of benzene rings is 1. The van der Waals surface area contributed by atoms with E-state index in [-0.39, 0.29) is 18.1 Å². The standard InChI is InChI=1S/C21H29N3O2S/c1-16(2)26-19-6-4-17(5-7-19)21(25)22-14-20(18-8-13-27-15-18)24-11-9-23(3)10-12-24/h4-8,13,15-16,20H,9-12,14H2,1-3H3,(H,22,25)/t20-/m0/s1. The molecule has 1 amide bonds. The number of thiophene rings is 1. The highest BCUT2D eigenvalue weighted by Gasteiger charge is 2.24. The number of nitrogens with zero attached hydrogens (tertiary/aromatic N) is 2. The Morgan fingerprint density at radius 3 is 2.44 bits per heavy atom. The number of hydrogen-bond donors (Lipinski definition) is 1. The van der Waals surface area contributed by atoms with Crippen LogP contribution in [0.4, 0.5) is 0 Å². The zero-order valence-corrected chi connectivity index (χ0v) is 17.2. The SMILES string of the molecule is CC(C)Oc1ccc(C(=O)NC[C@@H](c2ccsc2)N2CCN(C)CC2)cc1. The van der Waals surface area contributed by atoms with Gasteiger partial charge in [0.1, 0.15) is 5.75 Å². The van der Waals surface area contributed by atoms with Crippen LogP contribution in [0.5, 0.6) is 5.75 Å². The average Bonchev–Trinajstić information content (AvgIpc) is 3.18. The Labute approximate surface area is 165 Å². The van der Waals surface area contributed by atoms with Crippen LogP contribution in [0.2, 0.25) is 0 Å². The summed E-state index contributed by atoms with van der Waals surface area (Å²) < 4.78 is 5.64. The van der Waals surface area contributed by atoms with Crippen molar-refractivity contribution in [3.05, 3.63) is 52.2 Å². The molecule has 2 aromatic rings. The van der Waals surface area contributed by atoms with E-state index in [2.05, 4.69) is 39.0 Å². The molecule has 1 N–H and O–H groups in total. The van der Waals surface area contributed by atoms with Gasteiger partial charge in [-0.15, -0.1) is 0 Å². The van der Waals surface area contributed by atoms with Crippen LogP contribution < -0.4 is 10.1 Å². The number of nitrogens with one attached hydrogen (secondary N) is 1. The highest BCUT2D eigenvalue weighted by atomic mass is 32.1. The normalized spacial score (nSPS) is 17.0. The van der Waals surface area contributed by atoms with Gasteiger partial charge in [-0.1, -0.05) is 0 Å². The molecule has 0 unspecified atom stereocenters. The van der Waals surface area contributed by atoms with Crippen LogP contribution >= 0.6 is 11.3 Å². The Morgan fingerprint density at radius 1 is 1.15 bits per heavy atom. The number of hydrogen-bond acceptors (Lipinski definition) is 5. The lowest BCUT2D eigenvalue weighted by Gasteiger charge is -2.38. The molecule has 0 saturated carbocycles. The third kappa shape index (κ3) is 5.54. The topological polar surface area (TPSA) is 44.8 Å². The molecular formula is C21H29N3O2S. The third-order valence-electron chi connectivity index (χ3n) is 4.85. The molecule has 1 fully saturated rings. The summed E-state index contributed by atoms with van der Waals surface area (Å²) >= 11 is 1.71. The summed E-state index contributed by atoms with van der Waals surface area (Å²) in [5, 5.41) is 7.42. The van der Waals surface area contributed by atoms with Gasteiger partial charge in [-0.05, 0) is 67.6 Å². The first-order valence-electron chi connectivity index (χ1n) is 9.52. The quantitative estimate of drug-likeness (QED) is 0.792. The van der Waals surface area contributed by atoms with Gasteiger partial charge < -0.3 is 15.0 Å². The van der Waals surface area contributed by atoms with Gasteiger partial charge in [-0.3, -0.25) is 9.69 Å². The van der Waals surface area contributed by atoms with Gasteiger partial charge in [0.2, 0.25) is 0 Å². The Bertz CT molecular complexity index is 708. The van der Waals surface area contributed by atoms with E-state index in [4.69, 9.17) is 4.74 Å². The zero-order valence-electron chi connectivity index (χ0n) is 16.4. The molecule has 0 spiro atoms. The van der Waals surface area contributed by atoms with Crippen LogP contribution in [0, 0.1) is 0 Å². The summed E-state index contributed by atoms with van der Waals surface area (Å²) in [4.78, 5) is 17.4. The van der Waals surface area contributed by atoms with Crippen molar-refractivity contribution in [1.82, 2.24) is 15.1 Å². The fraction of sp³-hybridized carbons (Fsp3) is 0.476. The Kier molecular flexibility index (Phi) is 6.88. The number of piperazine rings is 1. The molecular weight excluding hydrogens is 358 g/mol. The maximum atomic E-state index is 12.6. The van der Waals surface area contributed by atoms with Crippen LogP contribution in [0.3, 0.4) is 0 Å². The predicted molar refractivity (Wildman–Crippen MR) is 111 cm³/mol. The maximum absolute atomic E-state index is 12.6. The van der Waals surface area contributed by atoms with E-state index < -0.39 is 0 Å². The molecule has 5 nitrogen and oxygen atoms in total. The zero-order chi connectivity index (χ0) is 19.2. The highest BCUT2D eigenvalue weighted by molar-refractivity contribution is 7.07.